The van der Waals surface area contributed by atoms with Crippen LogP contribution in [0, 0.1) is 6.92 Å². The Hall–Kier alpha value is -2.67. The normalized spacial score (nSPS) is 11.5. The Bertz CT molecular complexity index is 1010. The third-order valence-corrected chi connectivity index (χ3v) is 4.76. The van der Waals surface area contributed by atoms with E-state index in [1.165, 1.54) is 11.3 Å². The van der Waals surface area contributed by atoms with Gasteiger partial charge in [0.15, 0.2) is 6.61 Å². The van der Waals surface area contributed by atoms with E-state index < -0.39 is 5.91 Å². The average Bonchev–Trinajstić information content (AvgIpc) is 3.04. The summed E-state index contributed by atoms with van der Waals surface area (Å²) in [6.07, 6.45) is 0. The van der Waals surface area contributed by atoms with Crippen LogP contribution in [-0.4, -0.2) is 22.2 Å². The fourth-order valence-electron chi connectivity index (χ4n) is 2.66. The van der Waals surface area contributed by atoms with Crippen molar-refractivity contribution >= 4 is 27.5 Å². The smallest absolute Gasteiger partial charge is 0.281 e. The van der Waals surface area contributed by atoms with E-state index in [1.54, 1.807) is 18.4 Å². The van der Waals surface area contributed by atoms with E-state index in [0.717, 1.165) is 10.2 Å². The van der Waals surface area contributed by atoms with Crippen molar-refractivity contribution in [2.24, 2.45) is 0 Å². The molecule has 0 saturated carbocycles. The molecule has 1 aromatic carbocycles. The molecule has 3 aromatic rings. The number of carbonyl (C=O) groups excluding carboxylic acids is 1. The molecule has 0 aliphatic heterocycles. The Morgan fingerprint density at radius 1 is 1.27 bits per heavy atom. The zero-order valence-corrected chi connectivity index (χ0v) is 16.0. The first kappa shape index (κ1) is 18.1. The monoisotopic (exact) mass is 371 g/mol. The number of nitrogens with zero attached hydrogens (tertiary/aromatic N) is 2. The van der Waals surface area contributed by atoms with Gasteiger partial charge >= 0.3 is 0 Å². The Morgan fingerprint density at radius 2 is 2.00 bits per heavy atom. The number of ether oxygens (including phenoxy) is 1. The summed E-state index contributed by atoms with van der Waals surface area (Å²) in [5.74, 6) is 0.661. The number of hydrogen-bond acceptors (Lipinski definition) is 5. The van der Waals surface area contributed by atoms with Crippen LogP contribution in [-0.2, 0) is 10.2 Å². The molecule has 3 rings (SSSR count). The van der Waals surface area contributed by atoms with Crippen molar-refractivity contribution in [3.8, 4) is 5.75 Å². The minimum atomic E-state index is -0.421. The van der Waals surface area contributed by atoms with Crippen LogP contribution in [0.25, 0.3) is 10.2 Å². The number of rotatable bonds is 4. The van der Waals surface area contributed by atoms with E-state index in [2.05, 4.69) is 31.2 Å². The SMILES string of the molecule is Cc1nc2sccc2c(=O)n1NC(=O)COc1ccccc1C(C)(C)C. The van der Waals surface area contributed by atoms with Gasteiger partial charge in [0.2, 0.25) is 0 Å². The van der Waals surface area contributed by atoms with E-state index in [0.29, 0.717) is 21.8 Å². The molecule has 0 radical (unpaired) electrons. The molecule has 136 valence electrons. The third kappa shape index (κ3) is 3.62. The summed E-state index contributed by atoms with van der Waals surface area (Å²) in [7, 11) is 0. The van der Waals surface area contributed by atoms with Crippen LogP contribution in [0.4, 0.5) is 0 Å². The lowest BCUT2D eigenvalue weighted by molar-refractivity contribution is -0.119. The molecule has 0 fully saturated rings. The van der Waals surface area contributed by atoms with Gasteiger partial charge in [-0.2, -0.15) is 0 Å². The maximum absolute atomic E-state index is 12.5. The predicted molar refractivity (Wildman–Crippen MR) is 104 cm³/mol. The second-order valence-corrected chi connectivity index (χ2v) is 7.90. The standard InChI is InChI=1S/C19H21N3O3S/c1-12-20-17-13(9-10-26-17)18(24)22(12)21-16(23)11-25-15-8-6-5-7-14(15)19(2,3)4/h5-10H,11H2,1-4H3,(H,21,23). The quantitative estimate of drug-likeness (QED) is 0.764. The van der Waals surface area contributed by atoms with E-state index >= 15 is 0 Å². The molecular weight excluding hydrogens is 350 g/mol. The highest BCUT2D eigenvalue weighted by Gasteiger charge is 2.19. The van der Waals surface area contributed by atoms with Gasteiger partial charge < -0.3 is 4.74 Å². The first-order chi connectivity index (χ1) is 12.3. The third-order valence-electron chi connectivity index (χ3n) is 3.96. The van der Waals surface area contributed by atoms with Gasteiger partial charge in [0, 0.05) is 0 Å². The molecule has 2 heterocycles. The lowest BCUT2D eigenvalue weighted by Crippen LogP contribution is -2.37. The molecule has 2 aromatic heterocycles. The molecule has 1 N–H and O–H groups in total. The van der Waals surface area contributed by atoms with Crippen LogP contribution in [0.5, 0.6) is 5.75 Å². The fraction of sp³-hybridized carbons (Fsp3) is 0.316. The number of amides is 1. The van der Waals surface area contributed by atoms with Crippen molar-refractivity contribution in [2.45, 2.75) is 33.1 Å². The Labute approximate surface area is 155 Å². The number of para-hydroxylation sites is 1. The van der Waals surface area contributed by atoms with Gasteiger partial charge in [0.05, 0.1) is 5.39 Å². The zero-order chi connectivity index (χ0) is 18.9. The molecule has 0 aliphatic rings. The number of fused-ring (bicyclic) bond motifs is 1. The van der Waals surface area contributed by atoms with Crippen molar-refractivity contribution in [1.82, 2.24) is 9.66 Å². The van der Waals surface area contributed by atoms with Crippen LogP contribution in [0.3, 0.4) is 0 Å². The van der Waals surface area contributed by atoms with Crippen LogP contribution in [0.15, 0.2) is 40.5 Å². The topological polar surface area (TPSA) is 73.2 Å². The first-order valence-electron chi connectivity index (χ1n) is 8.26. The summed E-state index contributed by atoms with van der Waals surface area (Å²) in [4.78, 5) is 29.8. The number of nitrogens with one attached hydrogen (secondary N) is 1. The maximum atomic E-state index is 12.5. The van der Waals surface area contributed by atoms with Gasteiger partial charge in [-0.15, -0.1) is 11.3 Å². The summed E-state index contributed by atoms with van der Waals surface area (Å²) in [5, 5.41) is 2.29. The van der Waals surface area contributed by atoms with Crippen molar-refractivity contribution in [2.75, 3.05) is 12.0 Å². The molecule has 1 amide bonds. The summed E-state index contributed by atoms with van der Waals surface area (Å²) < 4.78 is 6.87. The van der Waals surface area contributed by atoms with E-state index in [9.17, 15) is 9.59 Å². The number of aryl methyl sites for hydroxylation is 1. The molecule has 6 nitrogen and oxygen atoms in total. The molecule has 0 saturated heterocycles. The second-order valence-electron chi connectivity index (χ2n) is 7.01. The van der Waals surface area contributed by atoms with Crippen LogP contribution < -0.4 is 15.7 Å². The number of aromatic nitrogens is 2. The summed E-state index contributed by atoms with van der Waals surface area (Å²) in [5.41, 5.74) is 3.19. The lowest BCUT2D eigenvalue weighted by atomic mass is 9.86. The summed E-state index contributed by atoms with van der Waals surface area (Å²) in [6.45, 7) is 7.73. The Morgan fingerprint density at radius 3 is 2.73 bits per heavy atom. The van der Waals surface area contributed by atoms with Crippen molar-refractivity contribution in [3.63, 3.8) is 0 Å². The maximum Gasteiger partial charge on any atom is 0.281 e. The predicted octanol–water partition coefficient (Wildman–Crippen LogP) is 3.21. The second kappa shape index (κ2) is 6.92. The van der Waals surface area contributed by atoms with E-state index in [1.807, 2.05) is 24.3 Å². The Balaban J connectivity index is 1.76. The lowest BCUT2D eigenvalue weighted by Gasteiger charge is -2.22. The molecular formula is C19H21N3O3S. The van der Waals surface area contributed by atoms with E-state index in [-0.39, 0.29) is 17.6 Å². The van der Waals surface area contributed by atoms with Crippen LogP contribution in [0.1, 0.15) is 32.2 Å². The van der Waals surface area contributed by atoms with E-state index in [4.69, 9.17) is 4.74 Å². The first-order valence-corrected chi connectivity index (χ1v) is 9.14. The molecule has 0 unspecified atom stereocenters. The largest absolute Gasteiger partial charge is 0.483 e. The highest BCUT2D eigenvalue weighted by Crippen LogP contribution is 2.30. The fourth-order valence-corrected chi connectivity index (χ4v) is 3.46. The highest BCUT2D eigenvalue weighted by molar-refractivity contribution is 7.16. The summed E-state index contributed by atoms with van der Waals surface area (Å²) in [6, 6.07) is 9.33. The van der Waals surface area contributed by atoms with Gasteiger partial charge in [-0.1, -0.05) is 39.0 Å². The average molecular weight is 371 g/mol. The van der Waals surface area contributed by atoms with Crippen LogP contribution in [0.2, 0.25) is 0 Å². The number of benzene rings is 1. The number of carbonyl (C=O) groups is 1. The molecule has 7 heteroatoms. The molecule has 0 spiro atoms. The molecule has 26 heavy (non-hydrogen) atoms. The Kier molecular flexibility index (Phi) is 4.82. The minimum Gasteiger partial charge on any atom is -0.483 e. The molecule has 0 bridgehead atoms. The van der Waals surface area contributed by atoms with Crippen molar-refractivity contribution < 1.29 is 9.53 Å². The van der Waals surface area contributed by atoms with Gasteiger partial charge in [-0.3, -0.25) is 15.0 Å². The summed E-state index contributed by atoms with van der Waals surface area (Å²) >= 11 is 1.39. The van der Waals surface area contributed by atoms with Gasteiger partial charge in [-0.05, 0) is 35.4 Å². The number of hydrogen-bond donors (Lipinski definition) is 1. The van der Waals surface area contributed by atoms with Crippen LogP contribution >= 0.6 is 11.3 Å². The van der Waals surface area contributed by atoms with Gasteiger partial charge in [0.1, 0.15) is 16.4 Å². The van der Waals surface area contributed by atoms with Gasteiger partial charge in [-0.25, -0.2) is 9.66 Å². The molecule has 0 aliphatic carbocycles. The number of thiophene rings is 1. The van der Waals surface area contributed by atoms with Crippen molar-refractivity contribution in [3.05, 3.63) is 57.5 Å². The zero-order valence-electron chi connectivity index (χ0n) is 15.2. The van der Waals surface area contributed by atoms with Crippen molar-refractivity contribution in [1.29, 1.82) is 0 Å². The molecule has 0 atom stereocenters. The minimum absolute atomic E-state index is 0.103. The highest BCUT2D eigenvalue weighted by atomic mass is 32.1. The van der Waals surface area contributed by atoms with Gasteiger partial charge in [0.25, 0.3) is 11.5 Å².